The Morgan fingerprint density at radius 3 is 1.80 bits per heavy atom. The quantitative estimate of drug-likeness (QED) is 0.606. The standard InChI is InChI=1S/C3H5Br3O3S/c4-3(5,6)1-2-10(7,8)9/h1-2H2,(H,7,8,9). The number of hydrogen-bond acceptors (Lipinski definition) is 2. The third kappa shape index (κ3) is 9.35. The maximum absolute atomic E-state index is 10.2. The van der Waals surface area contributed by atoms with Gasteiger partial charge in [0.15, 0.2) is 0 Å². The van der Waals surface area contributed by atoms with Crippen molar-refractivity contribution in [2.75, 3.05) is 5.75 Å². The zero-order chi connectivity index (χ0) is 8.41. The molecule has 10 heavy (non-hydrogen) atoms. The lowest BCUT2D eigenvalue weighted by Gasteiger charge is -2.08. The average molecular weight is 361 g/mol. The number of hydrogen-bond donors (Lipinski definition) is 1. The minimum Gasteiger partial charge on any atom is -0.286 e. The minimum absolute atomic E-state index is 0.242. The van der Waals surface area contributed by atoms with Crippen LogP contribution in [0.5, 0.6) is 0 Å². The van der Waals surface area contributed by atoms with Crippen LogP contribution in [0.15, 0.2) is 0 Å². The Morgan fingerprint density at radius 2 is 1.70 bits per heavy atom. The highest BCUT2D eigenvalue weighted by molar-refractivity contribution is 9.39. The van der Waals surface area contributed by atoms with Crippen LogP contribution in [0, 0.1) is 0 Å². The molecule has 62 valence electrons. The summed E-state index contributed by atoms with van der Waals surface area (Å²) in [5.74, 6) is -0.283. The van der Waals surface area contributed by atoms with Gasteiger partial charge in [-0.3, -0.25) is 4.55 Å². The van der Waals surface area contributed by atoms with Crippen molar-refractivity contribution in [2.24, 2.45) is 0 Å². The van der Waals surface area contributed by atoms with E-state index in [9.17, 15) is 8.42 Å². The fraction of sp³-hybridized carbons (Fsp3) is 1.00. The lowest BCUT2D eigenvalue weighted by molar-refractivity contribution is 0.482. The van der Waals surface area contributed by atoms with Gasteiger partial charge in [0.2, 0.25) is 0 Å². The molecule has 0 bridgehead atoms. The van der Waals surface area contributed by atoms with Crippen molar-refractivity contribution in [2.45, 2.75) is 8.56 Å². The first-order valence-corrected chi connectivity index (χ1v) is 6.21. The maximum atomic E-state index is 10.2. The molecule has 0 atom stereocenters. The molecule has 0 aliphatic carbocycles. The first kappa shape index (κ1) is 11.4. The summed E-state index contributed by atoms with van der Waals surface area (Å²) in [6.45, 7) is 0. The lowest BCUT2D eigenvalue weighted by atomic mass is 10.6. The zero-order valence-electron chi connectivity index (χ0n) is 4.72. The van der Waals surface area contributed by atoms with E-state index in [1.807, 2.05) is 0 Å². The molecule has 0 amide bonds. The van der Waals surface area contributed by atoms with Crippen LogP contribution < -0.4 is 0 Å². The van der Waals surface area contributed by atoms with Crippen LogP contribution in [0.25, 0.3) is 0 Å². The molecule has 0 aliphatic heterocycles. The highest BCUT2D eigenvalue weighted by atomic mass is 80.0. The van der Waals surface area contributed by atoms with Crippen molar-refractivity contribution < 1.29 is 13.0 Å². The summed E-state index contributed by atoms with van der Waals surface area (Å²) in [5, 5.41) is 0. The normalized spacial score (nSPS) is 13.6. The van der Waals surface area contributed by atoms with Gasteiger partial charge in [-0.25, -0.2) is 0 Å². The number of halogens is 3. The molecule has 0 aromatic heterocycles. The van der Waals surface area contributed by atoms with Gasteiger partial charge in [0.05, 0.1) is 5.75 Å². The Hall–Kier alpha value is 1.35. The molecule has 3 nitrogen and oxygen atoms in total. The van der Waals surface area contributed by atoms with Crippen LogP contribution in [-0.2, 0) is 10.1 Å². The van der Waals surface area contributed by atoms with Crippen LogP contribution >= 0.6 is 47.8 Å². The maximum Gasteiger partial charge on any atom is 0.264 e. The van der Waals surface area contributed by atoms with Crippen LogP contribution in [0.4, 0.5) is 0 Å². The number of alkyl halides is 3. The molecule has 1 N–H and O–H groups in total. The van der Waals surface area contributed by atoms with Crippen molar-refractivity contribution in [3.8, 4) is 0 Å². The van der Waals surface area contributed by atoms with Crippen molar-refractivity contribution in [1.82, 2.24) is 0 Å². The van der Waals surface area contributed by atoms with Crippen molar-refractivity contribution in [3.05, 3.63) is 0 Å². The van der Waals surface area contributed by atoms with E-state index in [0.29, 0.717) is 0 Å². The molecule has 0 aromatic carbocycles. The summed E-state index contributed by atoms with van der Waals surface area (Å²) in [6, 6.07) is 0. The van der Waals surface area contributed by atoms with Gasteiger partial charge in [-0.1, -0.05) is 47.8 Å². The predicted octanol–water partition coefficient (Wildman–Crippen LogP) is 2.10. The van der Waals surface area contributed by atoms with Crippen LogP contribution in [0.3, 0.4) is 0 Å². The zero-order valence-corrected chi connectivity index (χ0v) is 10.3. The molecule has 0 spiro atoms. The lowest BCUT2D eigenvalue weighted by Crippen LogP contribution is -2.11. The average Bonchev–Trinajstić information content (AvgIpc) is 1.57. The first-order valence-electron chi connectivity index (χ1n) is 2.23. The predicted molar refractivity (Wildman–Crippen MR) is 50.5 cm³/mol. The third-order valence-corrected chi connectivity index (χ3v) is 2.55. The Labute approximate surface area is 84.7 Å². The van der Waals surface area contributed by atoms with Gasteiger partial charge in [0, 0.05) is 0 Å². The van der Waals surface area contributed by atoms with Gasteiger partial charge in [-0.2, -0.15) is 8.42 Å². The van der Waals surface area contributed by atoms with E-state index in [2.05, 4.69) is 47.8 Å². The van der Waals surface area contributed by atoms with E-state index in [1.54, 1.807) is 0 Å². The molecular weight excluding hydrogens is 356 g/mol. The fourth-order valence-corrected chi connectivity index (χ4v) is 2.19. The van der Waals surface area contributed by atoms with E-state index in [-0.39, 0.29) is 12.2 Å². The van der Waals surface area contributed by atoms with E-state index in [0.717, 1.165) is 0 Å². The summed E-state index contributed by atoms with van der Waals surface area (Å²) >= 11 is 9.27. The summed E-state index contributed by atoms with van der Waals surface area (Å²) in [4.78, 5) is 0. The van der Waals surface area contributed by atoms with E-state index in [1.165, 1.54) is 0 Å². The van der Waals surface area contributed by atoms with Crippen molar-refractivity contribution in [1.29, 1.82) is 0 Å². The molecule has 0 saturated heterocycles. The van der Waals surface area contributed by atoms with Gasteiger partial charge in [-0.05, 0) is 6.42 Å². The van der Waals surface area contributed by atoms with Crippen molar-refractivity contribution >= 4 is 57.9 Å². The second-order valence-electron chi connectivity index (χ2n) is 1.65. The minimum atomic E-state index is -3.85. The SMILES string of the molecule is O=S(=O)(O)CCC(Br)(Br)Br. The van der Waals surface area contributed by atoms with E-state index in [4.69, 9.17) is 4.55 Å². The Balaban J connectivity index is 3.79. The molecule has 0 aromatic rings. The summed E-state index contributed by atoms with van der Waals surface area (Å²) in [5.41, 5.74) is 0. The molecule has 0 aliphatic rings. The van der Waals surface area contributed by atoms with Crippen LogP contribution in [-0.4, -0.2) is 20.9 Å². The van der Waals surface area contributed by atoms with E-state index >= 15 is 0 Å². The van der Waals surface area contributed by atoms with E-state index < -0.39 is 12.3 Å². The smallest absolute Gasteiger partial charge is 0.264 e. The summed E-state index contributed by atoms with van der Waals surface area (Å²) in [6.07, 6.45) is 0.242. The summed E-state index contributed by atoms with van der Waals surface area (Å²) < 4.78 is 28.0. The second-order valence-corrected chi connectivity index (χ2v) is 10.5. The van der Waals surface area contributed by atoms with Gasteiger partial charge in [-0.15, -0.1) is 0 Å². The largest absolute Gasteiger partial charge is 0.286 e. The highest BCUT2D eigenvalue weighted by Crippen LogP contribution is 2.36. The third-order valence-electron chi connectivity index (χ3n) is 0.643. The molecule has 0 heterocycles. The Kier molecular flexibility index (Phi) is 4.36. The van der Waals surface area contributed by atoms with Gasteiger partial charge >= 0.3 is 0 Å². The molecule has 0 rings (SSSR count). The van der Waals surface area contributed by atoms with Crippen molar-refractivity contribution in [3.63, 3.8) is 0 Å². The number of rotatable bonds is 2. The topological polar surface area (TPSA) is 54.4 Å². The van der Waals surface area contributed by atoms with Gasteiger partial charge in [0.1, 0.15) is 2.14 Å². The Morgan fingerprint density at radius 1 is 1.30 bits per heavy atom. The van der Waals surface area contributed by atoms with Gasteiger partial charge in [0.25, 0.3) is 10.1 Å². The second kappa shape index (κ2) is 3.84. The van der Waals surface area contributed by atoms with Gasteiger partial charge < -0.3 is 0 Å². The fourth-order valence-electron chi connectivity index (χ4n) is 0.245. The molecule has 0 saturated carbocycles. The molecule has 0 radical (unpaired) electrons. The highest BCUT2D eigenvalue weighted by Gasteiger charge is 2.20. The molecule has 0 fully saturated rings. The summed E-state index contributed by atoms with van der Waals surface area (Å²) in [7, 11) is -3.85. The van der Waals surface area contributed by atoms with Crippen LogP contribution in [0.1, 0.15) is 6.42 Å². The monoisotopic (exact) mass is 358 g/mol. The Bertz CT molecular complexity index is 192. The molecule has 7 heteroatoms. The molecule has 0 unspecified atom stereocenters. The van der Waals surface area contributed by atoms with Crippen LogP contribution in [0.2, 0.25) is 0 Å². The molecular formula is C3H5Br3O3S. The first-order chi connectivity index (χ1) is 4.21.